The molecule has 0 unspecified atom stereocenters. The van der Waals surface area contributed by atoms with Crippen molar-refractivity contribution < 1.29 is 4.79 Å². The van der Waals surface area contributed by atoms with E-state index in [4.69, 9.17) is 5.73 Å². The van der Waals surface area contributed by atoms with Crippen molar-refractivity contribution in [3.63, 3.8) is 0 Å². The Labute approximate surface area is 94.1 Å². The predicted octanol–water partition coefficient (Wildman–Crippen LogP) is 1.23. The van der Waals surface area contributed by atoms with Crippen molar-refractivity contribution in [1.29, 1.82) is 0 Å². The standard InChI is InChI=1S/C10H17N3OS/c1-10(2,11)4-9(14)13(3)5-8-6-15-7-12-8/h6-7H,4-5,11H2,1-3H3. The molecule has 0 spiro atoms. The topological polar surface area (TPSA) is 59.2 Å². The van der Waals surface area contributed by atoms with Gasteiger partial charge >= 0.3 is 0 Å². The molecule has 0 aliphatic carbocycles. The molecule has 2 N–H and O–H groups in total. The van der Waals surface area contributed by atoms with Gasteiger partial charge in [0, 0.05) is 24.4 Å². The minimum Gasteiger partial charge on any atom is -0.340 e. The minimum absolute atomic E-state index is 0.0514. The SMILES string of the molecule is CN(Cc1cscn1)C(=O)CC(C)(C)N. The molecule has 0 fully saturated rings. The number of hydrogen-bond acceptors (Lipinski definition) is 4. The molecule has 4 nitrogen and oxygen atoms in total. The summed E-state index contributed by atoms with van der Waals surface area (Å²) in [5.74, 6) is 0.0514. The maximum absolute atomic E-state index is 11.7. The van der Waals surface area contributed by atoms with Crippen LogP contribution in [0.4, 0.5) is 0 Å². The molecule has 5 heteroatoms. The number of carbonyl (C=O) groups is 1. The van der Waals surface area contributed by atoms with Crippen LogP contribution in [0.3, 0.4) is 0 Å². The van der Waals surface area contributed by atoms with E-state index in [9.17, 15) is 4.79 Å². The largest absolute Gasteiger partial charge is 0.340 e. The van der Waals surface area contributed by atoms with E-state index in [0.29, 0.717) is 13.0 Å². The molecule has 0 aliphatic rings. The number of hydrogen-bond donors (Lipinski definition) is 1. The number of thiazole rings is 1. The maximum Gasteiger partial charge on any atom is 0.224 e. The first kappa shape index (κ1) is 12.1. The monoisotopic (exact) mass is 227 g/mol. The van der Waals surface area contributed by atoms with Gasteiger partial charge in [0.2, 0.25) is 5.91 Å². The highest BCUT2D eigenvalue weighted by Crippen LogP contribution is 2.09. The first-order valence-electron chi connectivity index (χ1n) is 4.78. The van der Waals surface area contributed by atoms with Crippen molar-refractivity contribution in [2.45, 2.75) is 32.4 Å². The Morgan fingerprint density at radius 1 is 1.67 bits per heavy atom. The summed E-state index contributed by atoms with van der Waals surface area (Å²) in [7, 11) is 1.77. The van der Waals surface area contributed by atoms with Gasteiger partial charge in [0.15, 0.2) is 0 Å². The quantitative estimate of drug-likeness (QED) is 0.841. The van der Waals surface area contributed by atoms with Crippen molar-refractivity contribution in [2.75, 3.05) is 7.05 Å². The Bertz CT molecular complexity index is 316. The van der Waals surface area contributed by atoms with Gasteiger partial charge in [-0.25, -0.2) is 4.98 Å². The molecular formula is C10H17N3OS. The van der Waals surface area contributed by atoms with Crippen LogP contribution in [0.25, 0.3) is 0 Å². The van der Waals surface area contributed by atoms with E-state index < -0.39 is 5.54 Å². The molecule has 1 rings (SSSR count). The lowest BCUT2D eigenvalue weighted by Crippen LogP contribution is -2.39. The van der Waals surface area contributed by atoms with E-state index >= 15 is 0 Å². The van der Waals surface area contributed by atoms with Gasteiger partial charge in [0.1, 0.15) is 0 Å². The summed E-state index contributed by atoms with van der Waals surface area (Å²) >= 11 is 1.53. The summed E-state index contributed by atoms with van der Waals surface area (Å²) < 4.78 is 0. The number of nitrogens with two attached hydrogens (primary N) is 1. The van der Waals surface area contributed by atoms with Crippen LogP contribution in [0, 0.1) is 0 Å². The Kier molecular flexibility index (Phi) is 3.82. The molecule has 0 aromatic carbocycles. The van der Waals surface area contributed by atoms with Crippen LogP contribution in [0.15, 0.2) is 10.9 Å². The molecule has 15 heavy (non-hydrogen) atoms. The zero-order valence-electron chi connectivity index (χ0n) is 9.36. The lowest BCUT2D eigenvalue weighted by molar-refractivity contribution is -0.131. The van der Waals surface area contributed by atoms with E-state index in [0.717, 1.165) is 5.69 Å². The van der Waals surface area contributed by atoms with Gasteiger partial charge in [-0.05, 0) is 13.8 Å². The van der Waals surface area contributed by atoms with Gasteiger partial charge in [-0.15, -0.1) is 11.3 Å². The van der Waals surface area contributed by atoms with Crippen molar-refractivity contribution >= 4 is 17.2 Å². The second kappa shape index (κ2) is 4.72. The molecule has 0 saturated carbocycles. The third kappa shape index (κ3) is 4.40. The van der Waals surface area contributed by atoms with Crippen LogP contribution >= 0.6 is 11.3 Å². The lowest BCUT2D eigenvalue weighted by Gasteiger charge is -2.22. The first-order chi connectivity index (χ1) is 6.88. The van der Waals surface area contributed by atoms with E-state index in [1.54, 1.807) is 17.5 Å². The highest BCUT2D eigenvalue weighted by Gasteiger charge is 2.19. The summed E-state index contributed by atoms with van der Waals surface area (Å²) in [5, 5.41) is 1.94. The summed E-state index contributed by atoms with van der Waals surface area (Å²) in [6, 6.07) is 0. The summed E-state index contributed by atoms with van der Waals surface area (Å²) in [6.45, 7) is 4.25. The molecule has 0 bridgehead atoms. The number of rotatable bonds is 4. The average molecular weight is 227 g/mol. The van der Waals surface area contributed by atoms with Crippen LogP contribution in [0.5, 0.6) is 0 Å². The summed E-state index contributed by atoms with van der Waals surface area (Å²) in [4.78, 5) is 17.5. The fourth-order valence-corrected chi connectivity index (χ4v) is 1.72. The van der Waals surface area contributed by atoms with Crippen LogP contribution < -0.4 is 5.73 Å². The smallest absolute Gasteiger partial charge is 0.224 e. The number of amides is 1. The Morgan fingerprint density at radius 3 is 2.80 bits per heavy atom. The van der Waals surface area contributed by atoms with E-state index in [2.05, 4.69) is 4.98 Å². The summed E-state index contributed by atoms with van der Waals surface area (Å²) in [5.41, 5.74) is 8.02. The fraction of sp³-hybridized carbons (Fsp3) is 0.600. The van der Waals surface area contributed by atoms with Crippen molar-refractivity contribution in [3.8, 4) is 0 Å². The molecule has 1 aromatic heterocycles. The van der Waals surface area contributed by atoms with E-state index in [1.807, 2.05) is 19.2 Å². The minimum atomic E-state index is -0.451. The second-order valence-electron chi connectivity index (χ2n) is 4.39. The molecule has 0 saturated heterocycles. The van der Waals surface area contributed by atoms with Crippen LogP contribution in [-0.4, -0.2) is 28.4 Å². The van der Waals surface area contributed by atoms with Gasteiger partial charge in [-0.1, -0.05) is 0 Å². The zero-order chi connectivity index (χ0) is 11.5. The molecule has 0 radical (unpaired) electrons. The molecule has 1 heterocycles. The highest BCUT2D eigenvalue weighted by molar-refractivity contribution is 7.07. The summed E-state index contributed by atoms with van der Waals surface area (Å²) in [6.07, 6.45) is 0.355. The third-order valence-electron chi connectivity index (χ3n) is 1.92. The second-order valence-corrected chi connectivity index (χ2v) is 5.11. The highest BCUT2D eigenvalue weighted by atomic mass is 32.1. The zero-order valence-corrected chi connectivity index (χ0v) is 10.2. The molecule has 0 aliphatic heterocycles. The fourth-order valence-electron chi connectivity index (χ4n) is 1.17. The Balaban J connectivity index is 2.47. The lowest BCUT2D eigenvalue weighted by atomic mass is 10.0. The predicted molar refractivity (Wildman–Crippen MR) is 61.5 cm³/mol. The number of aromatic nitrogens is 1. The molecule has 0 atom stereocenters. The Hall–Kier alpha value is -0.940. The maximum atomic E-state index is 11.7. The van der Waals surface area contributed by atoms with Gasteiger partial charge in [0.05, 0.1) is 17.7 Å². The van der Waals surface area contributed by atoms with E-state index in [-0.39, 0.29) is 5.91 Å². The van der Waals surface area contributed by atoms with Gasteiger partial charge in [0.25, 0.3) is 0 Å². The normalized spacial score (nSPS) is 11.5. The van der Waals surface area contributed by atoms with Gasteiger partial charge in [-0.2, -0.15) is 0 Å². The van der Waals surface area contributed by atoms with Crippen LogP contribution in [0.1, 0.15) is 26.0 Å². The van der Waals surface area contributed by atoms with Crippen molar-refractivity contribution in [3.05, 3.63) is 16.6 Å². The molecule has 1 aromatic rings. The molecule has 1 amide bonds. The van der Waals surface area contributed by atoms with Gasteiger partial charge in [-0.3, -0.25) is 4.79 Å². The van der Waals surface area contributed by atoms with Gasteiger partial charge < -0.3 is 10.6 Å². The van der Waals surface area contributed by atoms with E-state index in [1.165, 1.54) is 11.3 Å². The Morgan fingerprint density at radius 2 is 2.33 bits per heavy atom. The van der Waals surface area contributed by atoms with Crippen LogP contribution in [-0.2, 0) is 11.3 Å². The molecule has 84 valence electrons. The number of nitrogens with zero attached hydrogens (tertiary/aromatic N) is 2. The average Bonchev–Trinajstić information content (AvgIpc) is 2.53. The number of carbonyl (C=O) groups excluding carboxylic acids is 1. The third-order valence-corrected chi connectivity index (χ3v) is 2.55. The molecular weight excluding hydrogens is 210 g/mol. The van der Waals surface area contributed by atoms with Crippen LogP contribution in [0.2, 0.25) is 0 Å². The van der Waals surface area contributed by atoms with Crippen molar-refractivity contribution in [2.24, 2.45) is 5.73 Å². The van der Waals surface area contributed by atoms with Crippen molar-refractivity contribution in [1.82, 2.24) is 9.88 Å². The first-order valence-corrected chi connectivity index (χ1v) is 5.73.